The third kappa shape index (κ3) is 1.37. The normalized spacial score (nSPS) is 30.8. The minimum atomic E-state index is -0.329. The molecule has 116 valence electrons. The Labute approximate surface area is 133 Å². The lowest BCUT2D eigenvalue weighted by molar-refractivity contribution is 0.267. The molecule has 3 aliphatic rings. The van der Waals surface area contributed by atoms with Gasteiger partial charge in [-0.25, -0.2) is 4.98 Å². The molecular weight excluding hydrogens is 292 g/mol. The van der Waals surface area contributed by atoms with Gasteiger partial charge < -0.3 is 9.15 Å². The molecule has 0 amide bonds. The zero-order valence-corrected chi connectivity index (χ0v) is 13.2. The molecular formula is C17H16N4O2. The number of aryl methyl sites for hydroxylation is 1. The number of aromatic nitrogens is 1. The number of amidine groups is 1. The van der Waals surface area contributed by atoms with Gasteiger partial charge in [-0.2, -0.15) is 10.1 Å². The average Bonchev–Trinajstić information content (AvgIpc) is 2.88. The van der Waals surface area contributed by atoms with Crippen molar-refractivity contribution in [3.05, 3.63) is 41.9 Å². The van der Waals surface area contributed by atoms with Gasteiger partial charge >= 0.3 is 0 Å². The van der Waals surface area contributed by atoms with Crippen molar-refractivity contribution in [3.8, 4) is 0 Å². The second kappa shape index (κ2) is 3.82. The summed E-state index contributed by atoms with van der Waals surface area (Å²) in [5, 5.41) is 6.54. The molecule has 1 aromatic heterocycles. The number of oxazole rings is 1. The van der Waals surface area contributed by atoms with E-state index >= 15 is 0 Å². The van der Waals surface area contributed by atoms with E-state index in [0.717, 1.165) is 23.4 Å². The predicted molar refractivity (Wildman–Crippen MR) is 86.3 cm³/mol. The number of benzene rings is 1. The molecule has 2 unspecified atom stereocenters. The third-order valence-corrected chi connectivity index (χ3v) is 5.11. The molecule has 2 atom stereocenters. The van der Waals surface area contributed by atoms with E-state index in [-0.39, 0.29) is 11.0 Å². The smallest absolute Gasteiger partial charge is 0.219 e. The van der Waals surface area contributed by atoms with Crippen LogP contribution in [-0.4, -0.2) is 34.4 Å². The van der Waals surface area contributed by atoms with Gasteiger partial charge in [-0.05, 0) is 31.0 Å². The quantitative estimate of drug-likeness (QED) is 0.812. The Morgan fingerprint density at radius 1 is 1.30 bits per heavy atom. The molecule has 2 aromatic rings. The number of nitrogens with zero attached hydrogens (tertiary/aromatic N) is 4. The van der Waals surface area contributed by atoms with Gasteiger partial charge in [-0.3, -0.25) is 5.01 Å². The van der Waals surface area contributed by atoms with Crippen LogP contribution in [0.2, 0.25) is 0 Å². The first kappa shape index (κ1) is 12.9. The highest BCUT2D eigenvalue weighted by Gasteiger charge is 2.77. The summed E-state index contributed by atoms with van der Waals surface area (Å²) in [5.74, 6) is 2.12. The highest BCUT2D eigenvalue weighted by Crippen LogP contribution is 2.67. The summed E-state index contributed by atoms with van der Waals surface area (Å²) in [6.07, 6.45) is 5.13. The van der Waals surface area contributed by atoms with E-state index in [1.54, 1.807) is 7.11 Å². The second-order valence-electron chi connectivity index (χ2n) is 6.35. The van der Waals surface area contributed by atoms with Crippen molar-refractivity contribution >= 4 is 22.8 Å². The fraction of sp³-hybridized carbons (Fsp3) is 0.353. The Hall–Kier alpha value is -2.63. The van der Waals surface area contributed by atoms with Crippen molar-refractivity contribution in [1.82, 2.24) is 9.99 Å². The number of ether oxygens (including phenoxy) is 1. The Bertz CT molecular complexity index is 941. The van der Waals surface area contributed by atoms with Crippen LogP contribution in [-0.2, 0) is 10.2 Å². The number of hydrazone groups is 1. The summed E-state index contributed by atoms with van der Waals surface area (Å²) >= 11 is 0. The second-order valence-corrected chi connectivity index (χ2v) is 6.35. The van der Waals surface area contributed by atoms with Gasteiger partial charge in [0.2, 0.25) is 5.90 Å². The van der Waals surface area contributed by atoms with Crippen molar-refractivity contribution in [2.24, 2.45) is 10.1 Å². The van der Waals surface area contributed by atoms with Crippen LogP contribution in [0.1, 0.15) is 24.8 Å². The van der Waals surface area contributed by atoms with Gasteiger partial charge in [0.25, 0.3) is 0 Å². The Morgan fingerprint density at radius 3 is 3.00 bits per heavy atom. The lowest BCUT2D eigenvalue weighted by atomic mass is 9.91. The third-order valence-electron chi connectivity index (χ3n) is 5.11. The molecule has 3 heterocycles. The largest absolute Gasteiger partial charge is 0.482 e. The lowest BCUT2D eigenvalue weighted by Gasteiger charge is -2.29. The van der Waals surface area contributed by atoms with E-state index in [0.29, 0.717) is 11.7 Å². The molecule has 6 heteroatoms. The van der Waals surface area contributed by atoms with Crippen LogP contribution in [0.3, 0.4) is 0 Å². The summed E-state index contributed by atoms with van der Waals surface area (Å²) in [4.78, 5) is 8.89. The van der Waals surface area contributed by atoms with Gasteiger partial charge in [0, 0.05) is 13.1 Å². The van der Waals surface area contributed by atoms with Gasteiger partial charge in [0.15, 0.2) is 17.0 Å². The fourth-order valence-electron chi connectivity index (χ4n) is 4.04. The van der Waals surface area contributed by atoms with Gasteiger partial charge in [-0.15, -0.1) is 0 Å². The summed E-state index contributed by atoms with van der Waals surface area (Å²) < 4.78 is 11.3. The molecule has 5 rings (SSSR count). The Kier molecular flexibility index (Phi) is 2.14. The Balaban J connectivity index is 1.66. The Morgan fingerprint density at radius 2 is 2.17 bits per heavy atom. The zero-order valence-electron chi connectivity index (χ0n) is 13.2. The van der Waals surface area contributed by atoms with Crippen LogP contribution in [0.5, 0.6) is 0 Å². The molecule has 6 nitrogen and oxygen atoms in total. The summed E-state index contributed by atoms with van der Waals surface area (Å²) in [6, 6.07) is 6.21. The standard InChI is InChI=1S/C17H16N4O2/c1-10-18-15(22-3)17-9-16(17,6-7-21(17)20-10)12-4-5-13-14(8-12)23-11(2)19-13/h4-8H,9H2,1-3H3. The van der Waals surface area contributed by atoms with Crippen molar-refractivity contribution in [3.63, 3.8) is 0 Å². The van der Waals surface area contributed by atoms with Crippen LogP contribution >= 0.6 is 0 Å². The molecule has 0 radical (unpaired) electrons. The highest BCUT2D eigenvalue weighted by molar-refractivity contribution is 6.04. The average molecular weight is 308 g/mol. The van der Waals surface area contributed by atoms with Crippen LogP contribution in [0.4, 0.5) is 0 Å². The first-order valence-corrected chi connectivity index (χ1v) is 7.64. The fourth-order valence-corrected chi connectivity index (χ4v) is 4.04. The molecule has 1 spiro atoms. The zero-order chi connectivity index (χ0) is 15.8. The predicted octanol–water partition coefficient (Wildman–Crippen LogP) is 2.74. The van der Waals surface area contributed by atoms with Gasteiger partial charge in [0.05, 0.1) is 12.5 Å². The SMILES string of the molecule is COC1=NC(C)=NN2C=CC3(c4ccc5nc(C)oc5c4)CC123. The molecule has 0 N–H and O–H groups in total. The minimum Gasteiger partial charge on any atom is -0.482 e. The molecule has 0 bridgehead atoms. The minimum absolute atomic E-state index is 0.166. The van der Waals surface area contributed by atoms with E-state index in [9.17, 15) is 0 Å². The molecule has 1 aromatic carbocycles. The topological polar surface area (TPSA) is 63.2 Å². The number of rotatable bonds is 1. The molecule has 1 aliphatic carbocycles. The van der Waals surface area contributed by atoms with Crippen LogP contribution in [0.15, 0.2) is 45.0 Å². The highest BCUT2D eigenvalue weighted by atomic mass is 16.5. The van der Waals surface area contributed by atoms with Crippen LogP contribution in [0, 0.1) is 6.92 Å². The molecule has 0 saturated heterocycles. The van der Waals surface area contributed by atoms with Crippen molar-refractivity contribution in [2.75, 3.05) is 7.11 Å². The van der Waals surface area contributed by atoms with Gasteiger partial charge in [0.1, 0.15) is 11.4 Å². The summed E-state index contributed by atoms with van der Waals surface area (Å²) in [5.41, 5.74) is 2.38. The number of aliphatic imine (C=N–C) groups is 1. The van der Waals surface area contributed by atoms with Crippen molar-refractivity contribution in [1.29, 1.82) is 0 Å². The molecule has 2 aliphatic heterocycles. The number of hydrogen-bond donors (Lipinski definition) is 0. The van der Waals surface area contributed by atoms with Crippen molar-refractivity contribution in [2.45, 2.75) is 31.2 Å². The van der Waals surface area contributed by atoms with Crippen molar-refractivity contribution < 1.29 is 9.15 Å². The monoisotopic (exact) mass is 308 g/mol. The van der Waals surface area contributed by atoms with Crippen LogP contribution < -0.4 is 0 Å². The molecule has 23 heavy (non-hydrogen) atoms. The first-order valence-electron chi connectivity index (χ1n) is 7.64. The maximum Gasteiger partial charge on any atom is 0.219 e. The van der Waals surface area contributed by atoms with E-state index in [4.69, 9.17) is 9.15 Å². The van der Waals surface area contributed by atoms with E-state index < -0.39 is 0 Å². The maximum atomic E-state index is 5.70. The number of fused-ring (bicyclic) bond motifs is 1. The van der Waals surface area contributed by atoms with Crippen LogP contribution in [0.25, 0.3) is 11.1 Å². The van der Waals surface area contributed by atoms with E-state index in [1.165, 1.54) is 5.56 Å². The number of methoxy groups -OCH3 is 1. The van der Waals surface area contributed by atoms with Gasteiger partial charge in [-0.1, -0.05) is 12.1 Å². The summed E-state index contributed by atoms with van der Waals surface area (Å²) in [7, 11) is 1.68. The maximum absolute atomic E-state index is 5.70. The van der Waals surface area contributed by atoms with E-state index in [2.05, 4.69) is 33.3 Å². The molecule has 1 fully saturated rings. The molecule has 1 saturated carbocycles. The lowest BCUT2D eigenvalue weighted by Crippen LogP contribution is -2.44. The number of hydrogen-bond acceptors (Lipinski definition) is 6. The summed E-state index contributed by atoms with van der Waals surface area (Å²) in [6.45, 7) is 3.74. The van der Waals surface area contributed by atoms with E-state index in [1.807, 2.05) is 31.1 Å². The first-order chi connectivity index (χ1) is 11.1.